The molecule has 1 amide bonds. The molecule has 0 saturated carbocycles. The standard InChI is InChI=1S/C15H26N4O2/c1-5-21-15(20)18-8-6-14(10-18)16-7-9-19-13(4)11(2)12(3)17-19/h14,16H,5-10H2,1-4H3/t14-/m0/s1. The Kier molecular flexibility index (Phi) is 5.22. The number of carbonyl (C=O) groups is 1. The molecular formula is C15H26N4O2. The molecule has 1 N–H and O–H groups in total. The van der Waals surface area contributed by atoms with Crippen molar-refractivity contribution >= 4 is 6.09 Å². The van der Waals surface area contributed by atoms with E-state index in [0.717, 1.165) is 38.3 Å². The van der Waals surface area contributed by atoms with Gasteiger partial charge in [0, 0.05) is 31.4 Å². The minimum Gasteiger partial charge on any atom is -0.450 e. The van der Waals surface area contributed by atoms with Crippen LogP contribution in [0.25, 0.3) is 0 Å². The van der Waals surface area contributed by atoms with Crippen LogP contribution in [-0.4, -0.2) is 53.1 Å². The van der Waals surface area contributed by atoms with Crippen molar-refractivity contribution in [2.24, 2.45) is 0 Å². The Balaban J connectivity index is 1.75. The summed E-state index contributed by atoms with van der Waals surface area (Å²) in [6, 6.07) is 0.354. The highest BCUT2D eigenvalue weighted by Gasteiger charge is 2.26. The summed E-state index contributed by atoms with van der Waals surface area (Å²) in [7, 11) is 0. The molecule has 1 aliphatic heterocycles. The number of hydrogen-bond donors (Lipinski definition) is 1. The third kappa shape index (κ3) is 3.75. The molecule has 0 spiro atoms. The Morgan fingerprint density at radius 1 is 1.43 bits per heavy atom. The van der Waals surface area contributed by atoms with E-state index < -0.39 is 0 Å². The summed E-state index contributed by atoms with van der Waals surface area (Å²) < 4.78 is 7.08. The Bertz CT molecular complexity index is 498. The highest BCUT2D eigenvalue weighted by molar-refractivity contribution is 5.68. The van der Waals surface area contributed by atoms with E-state index >= 15 is 0 Å². The summed E-state index contributed by atoms with van der Waals surface area (Å²) in [5.41, 5.74) is 3.60. The summed E-state index contributed by atoms with van der Waals surface area (Å²) >= 11 is 0. The van der Waals surface area contributed by atoms with Gasteiger partial charge >= 0.3 is 6.09 Å². The third-order valence-corrected chi connectivity index (χ3v) is 4.21. The van der Waals surface area contributed by atoms with Crippen LogP contribution in [0.2, 0.25) is 0 Å². The lowest BCUT2D eigenvalue weighted by molar-refractivity contribution is 0.115. The number of hydrogen-bond acceptors (Lipinski definition) is 4. The molecule has 2 rings (SSSR count). The van der Waals surface area contributed by atoms with Gasteiger partial charge in [-0.25, -0.2) is 4.79 Å². The number of likely N-dealkylation sites (tertiary alicyclic amines) is 1. The molecular weight excluding hydrogens is 268 g/mol. The number of nitrogens with zero attached hydrogens (tertiary/aromatic N) is 3. The van der Waals surface area contributed by atoms with E-state index in [1.807, 2.05) is 13.8 Å². The second kappa shape index (κ2) is 6.93. The van der Waals surface area contributed by atoms with Gasteiger partial charge in [-0.1, -0.05) is 0 Å². The number of ether oxygens (including phenoxy) is 1. The van der Waals surface area contributed by atoms with Crippen molar-refractivity contribution in [1.29, 1.82) is 0 Å². The second-order valence-corrected chi connectivity index (χ2v) is 5.60. The largest absolute Gasteiger partial charge is 0.450 e. The van der Waals surface area contributed by atoms with Gasteiger partial charge in [-0.3, -0.25) is 4.68 Å². The van der Waals surface area contributed by atoms with Crippen LogP contribution in [0.4, 0.5) is 4.79 Å². The van der Waals surface area contributed by atoms with E-state index in [0.29, 0.717) is 12.6 Å². The molecule has 2 heterocycles. The van der Waals surface area contributed by atoms with Crippen molar-refractivity contribution in [2.75, 3.05) is 26.2 Å². The summed E-state index contributed by atoms with van der Waals surface area (Å²) in [6.45, 7) is 11.7. The monoisotopic (exact) mass is 294 g/mol. The molecule has 0 radical (unpaired) electrons. The fraction of sp³-hybridized carbons (Fsp3) is 0.733. The van der Waals surface area contributed by atoms with Crippen LogP contribution in [0.15, 0.2) is 0 Å². The number of nitrogens with one attached hydrogen (secondary N) is 1. The normalized spacial score (nSPS) is 18.3. The number of aromatic nitrogens is 2. The van der Waals surface area contributed by atoms with Gasteiger partial charge in [0.15, 0.2) is 0 Å². The Morgan fingerprint density at radius 3 is 2.81 bits per heavy atom. The van der Waals surface area contributed by atoms with Crippen LogP contribution >= 0.6 is 0 Å². The smallest absolute Gasteiger partial charge is 0.409 e. The molecule has 1 saturated heterocycles. The maximum atomic E-state index is 11.6. The van der Waals surface area contributed by atoms with Gasteiger partial charge in [0.25, 0.3) is 0 Å². The fourth-order valence-corrected chi connectivity index (χ4v) is 2.69. The van der Waals surface area contributed by atoms with Crippen molar-refractivity contribution in [2.45, 2.75) is 46.7 Å². The number of aryl methyl sites for hydroxylation is 1. The molecule has 1 aliphatic rings. The molecule has 0 aliphatic carbocycles. The van der Waals surface area contributed by atoms with E-state index in [-0.39, 0.29) is 6.09 Å². The SMILES string of the molecule is CCOC(=O)N1CC[C@H](NCCn2nc(C)c(C)c2C)C1. The van der Waals surface area contributed by atoms with Crippen LogP contribution in [0, 0.1) is 20.8 Å². The number of amides is 1. The van der Waals surface area contributed by atoms with Crippen molar-refractivity contribution in [3.05, 3.63) is 17.0 Å². The first-order chi connectivity index (χ1) is 10.0. The Labute approximate surface area is 126 Å². The zero-order valence-corrected chi connectivity index (χ0v) is 13.5. The molecule has 1 aromatic heterocycles. The van der Waals surface area contributed by atoms with E-state index in [4.69, 9.17) is 4.74 Å². The third-order valence-electron chi connectivity index (χ3n) is 4.21. The van der Waals surface area contributed by atoms with Crippen molar-refractivity contribution in [3.63, 3.8) is 0 Å². The van der Waals surface area contributed by atoms with E-state index in [1.54, 1.807) is 4.90 Å². The minimum absolute atomic E-state index is 0.198. The van der Waals surface area contributed by atoms with Gasteiger partial charge < -0.3 is 15.0 Å². The number of rotatable bonds is 5. The highest BCUT2D eigenvalue weighted by atomic mass is 16.6. The second-order valence-electron chi connectivity index (χ2n) is 5.60. The van der Waals surface area contributed by atoms with Gasteiger partial charge in [-0.15, -0.1) is 0 Å². The van der Waals surface area contributed by atoms with Gasteiger partial charge in [0.1, 0.15) is 0 Å². The zero-order chi connectivity index (χ0) is 15.4. The predicted octanol–water partition coefficient (Wildman–Crippen LogP) is 1.63. The lowest BCUT2D eigenvalue weighted by atomic mass is 10.2. The first kappa shape index (κ1) is 15.8. The van der Waals surface area contributed by atoms with Crippen LogP contribution in [-0.2, 0) is 11.3 Å². The average Bonchev–Trinajstić information content (AvgIpc) is 3.01. The first-order valence-corrected chi connectivity index (χ1v) is 7.68. The first-order valence-electron chi connectivity index (χ1n) is 7.68. The van der Waals surface area contributed by atoms with Crippen molar-refractivity contribution in [3.8, 4) is 0 Å². The minimum atomic E-state index is -0.198. The van der Waals surface area contributed by atoms with E-state index in [2.05, 4.69) is 28.9 Å². The molecule has 21 heavy (non-hydrogen) atoms. The van der Waals surface area contributed by atoms with Crippen molar-refractivity contribution < 1.29 is 9.53 Å². The summed E-state index contributed by atoms with van der Waals surface area (Å²) in [6.07, 6.45) is 0.783. The molecule has 118 valence electrons. The summed E-state index contributed by atoms with van der Waals surface area (Å²) in [5, 5.41) is 8.04. The molecule has 0 aromatic carbocycles. The van der Waals surface area contributed by atoms with Gasteiger partial charge in [-0.2, -0.15) is 5.10 Å². The lowest BCUT2D eigenvalue weighted by Crippen LogP contribution is -2.36. The topological polar surface area (TPSA) is 59.4 Å². The molecule has 6 heteroatoms. The lowest BCUT2D eigenvalue weighted by Gasteiger charge is -2.16. The van der Waals surface area contributed by atoms with Crippen LogP contribution < -0.4 is 5.32 Å². The molecule has 1 atom stereocenters. The van der Waals surface area contributed by atoms with Crippen LogP contribution in [0.5, 0.6) is 0 Å². The maximum absolute atomic E-state index is 11.6. The van der Waals surface area contributed by atoms with Gasteiger partial charge in [-0.05, 0) is 39.7 Å². The molecule has 6 nitrogen and oxygen atoms in total. The Morgan fingerprint density at radius 2 is 2.19 bits per heavy atom. The van der Waals surface area contributed by atoms with Gasteiger partial charge in [0.2, 0.25) is 0 Å². The maximum Gasteiger partial charge on any atom is 0.409 e. The van der Waals surface area contributed by atoms with Crippen LogP contribution in [0.3, 0.4) is 0 Å². The molecule has 1 aromatic rings. The Hall–Kier alpha value is -1.56. The predicted molar refractivity (Wildman–Crippen MR) is 81.4 cm³/mol. The van der Waals surface area contributed by atoms with E-state index in [9.17, 15) is 4.79 Å². The quantitative estimate of drug-likeness (QED) is 0.896. The average molecular weight is 294 g/mol. The summed E-state index contributed by atoms with van der Waals surface area (Å²) in [5.74, 6) is 0. The van der Waals surface area contributed by atoms with Crippen LogP contribution in [0.1, 0.15) is 30.3 Å². The summed E-state index contributed by atoms with van der Waals surface area (Å²) in [4.78, 5) is 13.4. The fourth-order valence-electron chi connectivity index (χ4n) is 2.69. The number of carbonyl (C=O) groups excluding carboxylic acids is 1. The highest BCUT2D eigenvalue weighted by Crippen LogP contribution is 2.12. The molecule has 1 fully saturated rings. The van der Waals surface area contributed by atoms with E-state index in [1.165, 1.54) is 11.3 Å². The molecule has 0 bridgehead atoms. The van der Waals surface area contributed by atoms with Gasteiger partial charge in [0.05, 0.1) is 18.8 Å². The molecule has 0 unspecified atom stereocenters. The van der Waals surface area contributed by atoms with Crippen molar-refractivity contribution in [1.82, 2.24) is 20.0 Å². The zero-order valence-electron chi connectivity index (χ0n) is 13.5.